The summed E-state index contributed by atoms with van der Waals surface area (Å²) in [7, 11) is 0. The van der Waals surface area contributed by atoms with Crippen LogP contribution in [0.15, 0.2) is 0 Å². The summed E-state index contributed by atoms with van der Waals surface area (Å²) in [5, 5.41) is 0. The molecule has 4 nitrogen and oxygen atoms in total. The highest BCUT2D eigenvalue weighted by atomic mass is 16.2. The van der Waals surface area contributed by atoms with Gasteiger partial charge in [-0.25, -0.2) is 0 Å². The molecule has 2 atom stereocenters. The lowest BCUT2D eigenvalue weighted by atomic mass is 9.63. The van der Waals surface area contributed by atoms with Crippen molar-refractivity contribution in [3.8, 4) is 0 Å². The van der Waals surface area contributed by atoms with Crippen molar-refractivity contribution in [2.45, 2.75) is 84.1 Å². The van der Waals surface area contributed by atoms with Gasteiger partial charge in [0.25, 0.3) is 0 Å². The van der Waals surface area contributed by atoms with E-state index >= 15 is 0 Å². The Labute approximate surface area is 146 Å². The zero-order valence-corrected chi connectivity index (χ0v) is 15.6. The van der Waals surface area contributed by atoms with Gasteiger partial charge in [-0.3, -0.25) is 9.59 Å². The Morgan fingerprint density at radius 1 is 1.12 bits per heavy atom. The molecule has 2 saturated heterocycles. The molecular weight excluding hydrogens is 300 g/mol. The fraction of sp³-hybridized carbons (Fsp3) is 0.900. The smallest absolute Gasteiger partial charge is 0.230 e. The average Bonchev–Trinajstić information content (AvgIpc) is 2.61. The predicted molar refractivity (Wildman–Crippen MR) is 95.5 cm³/mol. The second-order valence-corrected chi connectivity index (χ2v) is 8.54. The Balaban J connectivity index is 1.82. The number of nitrogens with zero attached hydrogens (tertiary/aromatic N) is 2. The molecule has 2 amide bonds. The van der Waals surface area contributed by atoms with E-state index in [-0.39, 0.29) is 17.4 Å². The fourth-order valence-electron chi connectivity index (χ4n) is 5.06. The van der Waals surface area contributed by atoms with Crippen LogP contribution in [-0.4, -0.2) is 47.3 Å². The summed E-state index contributed by atoms with van der Waals surface area (Å²) in [6, 6.07) is 0.153. The summed E-state index contributed by atoms with van der Waals surface area (Å²) in [6.45, 7) is 7.10. The van der Waals surface area contributed by atoms with Gasteiger partial charge in [0.15, 0.2) is 0 Å². The van der Waals surface area contributed by atoms with Gasteiger partial charge >= 0.3 is 0 Å². The van der Waals surface area contributed by atoms with Crippen LogP contribution in [0.25, 0.3) is 0 Å². The first-order valence-electron chi connectivity index (χ1n) is 10.1. The SMILES string of the molecule is CC(C)CCN1C(=O)CC[C@]2(C(=O)N3CCCCC3)CCCC[C@@H]12. The minimum Gasteiger partial charge on any atom is -0.342 e. The van der Waals surface area contributed by atoms with E-state index in [0.29, 0.717) is 18.2 Å². The molecule has 3 fully saturated rings. The van der Waals surface area contributed by atoms with Gasteiger partial charge in [0.1, 0.15) is 0 Å². The summed E-state index contributed by atoms with van der Waals surface area (Å²) in [4.78, 5) is 30.3. The van der Waals surface area contributed by atoms with Crippen LogP contribution in [0.4, 0.5) is 0 Å². The Hall–Kier alpha value is -1.06. The molecule has 136 valence electrons. The van der Waals surface area contributed by atoms with Crippen LogP contribution in [0.2, 0.25) is 0 Å². The van der Waals surface area contributed by atoms with Gasteiger partial charge in [0.05, 0.1) is 5.41 Å². The second-order valence-electron chi connectivity index (χ2n) is 8.54. The molecule has 0 N–H and O–H groups in total. The topological polar surface area (TPSA) is 40.6 Å². The summed E-state index contributed by atoms with van der Waals surface area (Å²) in [6.07, 6.45) is 10.2. The van der Waals surface area contributed by atoms with Crippen molar-refractivity contribution in [2.24, 2.45) is 11.3 Å². The van der Waals surface area contributed by atoms with E-state index in [4.69, 9.17) is 0 Å². The highest BCUT2D eigenvalue weighted by molar-refractivity contribution is 5.88. The standard InChI is InChI=1S/C20H34N2O2/c1-16(2)10-15-22-17-8-4-5-11-20(17,12-9-18(22)23)19(24)21-13-6-3-7-14-21/h16-17H,3-15H2,1-2H3/t17-,20-/m1/s1. The number of amides is 2. The lowest BCUT2D eigenvalue weighted by molar-refractivity contribution is -0.162. The third kappa shape index (κ3) is 3.34. The third-order valence-electron chi connectivity index (χ3n) is 6.49. The molecule has 3 aliphatic rings. The number of hydrogen-bond acceptors (Lipinski definition) is 2. The molecule has 24 heavy (non-hydrogen) atoms. The zero-order chi connectivity index (χ0) is 17.2. The van der Waals surface area contributed by atoms with Crippen molar-refractivity contribution in [3.05, 3.63) is 0 Å². The van der Waals surface area contributed by atoms with E-state index in [9.17, 15) is 9.59 Å². The van der Waals surface area contributed by atoms with Crippen molar-refractivity contribution in [1.82, 2.24) is 9.80 Å². The van der Waals surface area contributed by atoms with Gasteiger partial charge < -0.3 is 9.80 Å². The fourth-order valence-corrected chi connectivity index (χ4v) is 5.06. The number of carbonyl (C=O) groups is 2. The molecule has 0 aromatic rings. The van der Waals surface area contributed by atoms with Crippen LogP contribution in [-0.2, 0) is 9.59 Å². The number of piperidine rings is 2. The largest absolute Gasteiger partial charge is 0.342 e. The number of carbonyl (C=O) groups excluding carboxylic acids is 2. The Kier molecular flexibility index (Phi) is 5.51. The third-order valence-corrected chi connectivity index (χ3v) is 6.49. The van der Waals surface area contributed by atoms with Crippen molar-refractivity contribution >= 4 is 11.8 Å². The maximum absolute atomic E-state index is 13.5. The maximum Gasteiger partial charge on any atom is 0.230 e. The second kappa shape index (κ2) is 7.45. The molecule has 1 saturated carbocycles. The van der Waals surface area contributed by atoms with Gasteiger partial charge in [-0.05, 0) is 50.9 Å². The van der Waals surface area contributed by atoms with Gasteiger partial charge in [0.2, 0.25) is 11.8 Å². The first-order valence-corrected chi connectivity index (χ1v) is 10.1. The van der Waals surface area contributed by atoms with E-state index in [0.717, 1.165) is 71.0 Å². The molecule has 0 aromatic carbocycles. The first kappa shape index (κ1) is 17.8. The molecule has 0 radical (unpaired) electrons. The zero-order valence-electron chi connectivity index (χ0n) is 15.6. The highest BCUT2D eigenvalue weighted by Gasteiger charge is 2.54. The summed E-state index contributed by atoms with van der Waals surface area (Å²) >= 11 is 0. The molecule has 0 bridgehead atoms. The Morgan fingerprint density at radius 3 is 2.58 bits per heavy atom. The van der Waals surface area contributed by atoms with Crippen molar-refractivity contribution < 1.29 is 9.59 Å². The normalized spacial score (nSPS) is 31.3. The minimum atomic E-state index is -0.277. The van der Waals surface area contributed by atoms with Crippen LogP contribution in [0.1, 0.15) is 78.1 Å². The minimum absolute atomic E-state index is 0.153. The number of fused-ring (bicyclic) bond motifs is 1. The maximum atomic E-state index is 13.5. The summed E-state index contributed by atoms with van der Waals surface area (Å²) < 4.78 is 0. The molecule has 0 aromatic heterocycles. The molecule has 0 spiro atoms. The number of rotatable bonds is 4. The lowest BCUT2D eigenvalue weighted by Crippen LogP contribution is -2.62. The van der Waals surface area contributed by atoms with E-state index in [2.05, 4.69) is 23.6 Å². The Morgan fingerprint density at radius 2 is 1.88 bits per heavy atom. The van der Waals surface area contributed by atoms with Crippen LogP contribution in [0.5, 0.6) is 0 Å². The predicted octanol–water partition coefficient (Wildman–Crippen LogP) is 3.60. The van der Waals surface area contributed by atoms with Crippen molar-refractivity contribution in [3.63, 3.8) is 0 Å². The van der Waals surface area contributed by atoms with Crippen LogP contribution < -0.4 is 0 Å². The van der Waals surface area contributed by atoms with Crippen molar-refractivity contribution in [2.75, 3.05) is 19.6 Å². The van der Waals surface area contributed by atoms with Gasteiger partial charge in [-0.2, -0.15) is 0 Å². The lowest BCUT2D eigenvalue weighted by Gasteiger charge is -2.53. The van der Waals surface area contributed by atoms with E-state index in [1.165, 1.54) is 6.42 Å². The van der Waals surface area contributed by atoms with Gasteiger partial charge in [-0.1, -0.05) is 26.7 Å². The molecule has 2 heterocycles. The molecule has 2 aliphatic heterocycles. The van der Waals surface area contributed by atoms with Gasteiger partial charge in [0, 0.05) is 32.1 Å². The van der Waals surface area contributed by atoms with E-state index in [1.807, 2.05) is 0 Å². The molecular formula is C20H34N2O2. The van der Waals surface area contributed by atoms with Crippen LogP contribution >= 0.6 is 0 Å². The van der Waals surface area contributed by atoms with E-state index in [1.54, 1.807) is 0 Å². The van der Waals surface area contributed by atoms with Gasteiger partial charge in [-0.15, -0.1) is 0 Å². The highest BCUT2D eigenvalue weighted by Crippen LogP contribution is 2.48. The van der Waals surface area contributed by atoms with Crippen LogP contribution in [0.3, 0.4) is 0 Å². The molecule has 4 heteroatoms. The molecule has 0 unspecified atom stereocenters. The van der Waals surface area contributed by atoms with E-state index < -0.39 is 0 Å². The van der Waals surface area contributed by atoms with Crippen molar-refractivity contribution in [1.29, 1.82) is 0 Å². The number of likely N-dealkylation sites (tertiary alicyclic amines) is 2. The summed E-state index contributed by atoms with van der Waals surface area (Å²) in [5.41, 5.74) is -0.277. The first-order chi connectivity index (χ1) is 11.5. The average molecular weight is 335 g/mol. The molecule has 1 aliphatic carbocycles. The quantitative estimate of drug-likeness (QED) is 0.788. The Bertz CT molecular complexity index is 470. The molecule has 3 rings (SSSR count). The monoisotopic (exact) mass is 334 g/mol. The van der Waals surface area contributed by atoms with Crippen LogP contribution in [0, 0.1) is 11.3 Å². The number of hydrogen-bond donors (Lipinski definition) is 0. The summed E-state index contributed by atoms with van der Waals surface area (Å²) in [5.74, 6) is 1.24.